The summed E-state index contributed by atoms with van der Waals surface area (Å²) in [5.74, 6) is -0.0444. The Hall–Kier alpha value is -1.49. The smallest absolute Gasteiger partial charge is 0.256 e. The minimum absolute atomic E-state index is 0.0300. The molecule has 5 nitrogen and oxygen atoms in total. The quantitative estimate of drug-likeness (QED) is 0.819. The first kappa shape index (κ1) is 12.0. The van der Waals surface area contributed by atoms with Gasteiger partial charge in [-0.05, 0) is 32.8 Å². The average molecular weight is 235 g/mol. The Morgan fingerprint density at radius 3 is 3.00 bits per heavy atom. The summed E-state index contributed by atoms with van der Waals surface area (Å²) in [6, 6.07) is 1.72. The summed E-state index contributed by atoms with van der Waals surface area (Å²) in [6.07, 6.45) is 1.83. The van der Waals surface area contributed by atoms with Crippen LogP contribution in [0.3, 0.4) is 0 Å². The van der Waals surface area contributed by atoms with Gasteiger partial charge in [-0.15, -0.1) is 0 Å². The molecule has 0 aromatic carbocycles. The van der Waals surface area contributed by atoms with Gasteiger partial charge >= 0.3 is 0 Å². The molecule has 5 heteroatoms. The number of aromatic nitrogens is 2. The van der Waals surface area contributed by atoms with Crippen LogP contribution in [0.2, 0.25) is 0 Å². The second-order valence-corrected chi connectivity index (χ2v) is 4.46. The van der Waals surface area contributed by atoms with E-state index < -0.39 is 0 Å². The van der Waals surface area contributed by atoms with Crippen molar-refractivity contribution in [2.45, 2.75) is 32.7 Å². The predicted molar refractivity (Wildman–Crippen MR) is 62.7 cm³/mol. The Kier molecular flexibility index (Phi) is 3.38. The number of aryl methyl sites for hydroxylation is 2. The molecule has 17 heavy (non-hydrogen) atoms. The third-order valence-corrected chi connectivity index (χ3v) is 3.18. The molecule has 0 aliphatic carbocycles. The molecule has 1 N–H and O–H groups in total. The van der Waals surface area contributed by atoms with Gasteiger partial charge < -0.3 is 10.0 Å². The van der Waals surface area contributed by atoms with Gasteiger partial charge in [0.25, 0.3) is 5.91 Å². The van der Waals surface area contributed by atoms with Gasteiger partial charge in [0.1, 0.15) is 0 Å². The molecule has 2 heterocycles. The van der Waals surface area contributed by atoms with Crippen molar-refractivity contribution in [2.24, 2.45) is 0 Å². The summed E-state index contributed by atoms with van der Waals surface area (Å²) in [4.78, 5) is 14.1. The lowest BCUT2D eigenvalue weighted by Gasteiger charge is -2.23. The van der Waals surface area contributed by atoms with E-state index >= 15 is 0 Å². The molecule has 1 aromatic heterocycles. The molecule has 1 aliphatic heterocycles. The topological polar surface area (TPSA) is 66.3 Å². The van der Waals surface area contributed by atoms with Crippen LogP contribution < -0.4 is 0 Å². The summed E-state index contributed by atoms with van der Waals surface area (Å²) >= 11 is 0. The predicted octanol–water partition coefficient (Wildman–Crippen LogP) is 0.690. The number of carbonyl (C=O) groups excluding carboxylic acids is 1. The van der Waals surface area contributed by atoms with Crippen LogP contribution >= 0.6 is 0 Å². The maximum absolute atomic E-state index is 12.3. The van der Waals surface area contributed by atoms with Crippen molar-refractivity contribution < 1.29 is 9.90 Å². The van der Waals surface area contributed by atoms with Crippen molar-refractivity contribution >= 4 is 5.91 Å². The molecule has 0 radical (unpaired) electrons. The van der Waals surface area contributed by atoms with E-state index in [9.17, 15) is 9.90 Å². The van der Waals surface area contributed by atoms with E-state index in [2.05, 4.69) is 10.2 Å². The van der Waals surface area contributed by atoms with E-state index in [0.29, 0.717) is 17.8 Å². The molecule has 0 bridgehead atoms. The fraction of sp³-hybridized carbons (Fsp3) is 0.583. The number of carbonyl (C=O) groups is 1. The second kappa shape index (κ2) is 4.79. The zero-order valence-electron chi connectivity index (χ0n) is 10.2. The monoisotopic (exact) mass is 235 g/mol. The maximum Gasteiger partial charge on any atom is 0.256 e. The molecule has 1 atom stereocenters. The molecule has 2 rings (SSSR count). The van der Waals surface area contributed by atoms with Crippen LogP contribution in [0.25, 0.3) is 0 Å². The highest BCUT2D eigenvalue weighted by atomic mass is 16.3. The van der Waals surface area contributed by atoms with Crippen molar-refractivity contribution in [3.63, 3.8) is 0 Å². The highest BCUT2D eigenvalue weighted by molar-refractivity contribution is 5.95. The van der Waals surface area contributed by atoms with Crippen LogP contribution in [0.4, 0.5) is 0 Å². The van der Waals surface area contributed by atoms with E-state index in [1.165, 1.54) is 0 Å². The fourth-order valence-electron chi connectivity index (χ4n) is 2.21. The van der Waals surface area contributed by atoms with Crippen molar-refractivity contribution in [3.8, 4) is 0 Å². The number of rotatable bonds is 2. The van der Waals surface area contributed by atoms with Crippen molar-refractivity contribution in [2.75, 3.05) is 13.2 Å². The molecular formula is C12H17N3O2. The normalized spacial score (nSPS) is 19.7. The first-order valence-corrected chi connectivity index (χ1v) is 5.86. The zero-order chi connectivity index (χ0) is 12.4. The molecule has 1 aromatic rings. The third-order valence-electron chi connectivity index (χ3n) is 3.18. The number of amides is 1. The first-order chi connectivity index (χ1) is 8.13. The van der Waals surface area contributed by atoms with Gasteiger partial charge in [0.05, 0.1) is 29.6 Å². The summed E-state index contributed by atoms with van der Waals surface area (Å²) in [5, 5.41) is 17.1. The molecule has 1 aliphatic rings. The summed E-state index contributed by atoms with van der Waals surface area (Å²) < 4.78 is 0. The van der Waals surface area contributed by atoms with Crippen LogP contribution in [0.15, 0.2) is 6.07 Å². The Morgan fingerprint density at radius 1 is 1.53 bits per heavy atom. The zero-order valence-corrected chi connectivity index (χ0v) is 10.2. The molecule has 0 unspecified atom stereocenters. The molecule has 1 fully saturated rings. The highest BCUT2D eigenvalue weighted by Gasteiger charge is 2.29. The van der Waals surface area contributed by atoms with Crippen LogP contribution in [-0.4, -0.2) is 45.3 Å². The van der Waals surface area contributed by atoms with Crippen LogP contribution in [0.1, 0.15) is 34.6 Å². The minimum atomic E-state index is -0.0460. The molecule has 1 amide bonds. The number of aliphatic hydroxyl groups excluding tert-OH is 1. The Morgan fingerprint density at radius 2 is 2.29 bits per heavy atom. The fourth-order valence-corrected chi connectivity index (χ4v) is 2.21. The maximum atomic E-state index is 12.3. The molecular weight excluding hydrogens is 218 g/mol. The van der Waals surface area contributed by atoms with Crippen LogP contribution in [-0.2, 0) is 0 Å². The van der Waals surface area contributed by atoms with E-state index in [1.54, 1.807) is 17.9 Å². The van der Waals surface area contributed by atoms with Gasteiger partial charge in [0.2, 0.25) is 0 Å². The molecule has 0 spiro atoms. The SMILES string of the molecule is Cc1cc(C(=O)N2CCC[C@H]2CO)c(C)nn1. The summed E-state index contributed by atoms with van der Waals surface area (Å²) in [7, 11) is 0. The van der Waals surface area contributed by atoms with Crippen molar-refractivity contribution in [1.82, 2.24) is 15.1 Å². The lowest BCUT2D eigenvalue weighted by Crippen LogP contribution is -2.38. The van der Waals surface area contributed by atoms with Crippen LogP contribution in [0, 0.1) is 13.8 Å². The number of likely N-dealkylation sites (tertiary alicyclic amines) is 1. The number of hydrogen-bond acceptors (Lipinski definition) is 4. The lowest BCUT2D eigenvalue weighted by molar-refractivity contribution is 0.0676. The number of hydrogen-bond donors (Lipinski definition) is 1. The van der Waals surface area contributed by atoms with Crippen LogP contribution in [0.5, 0.6) is 0 Å². The molecule has 92 valence electrons. The van der Waals surface area contributed by atoms with Gasteiger partial charge in [0, 0.05) is 6.54 Å². The first-order valence-electron chi connectivity index (χ1n) is 5.86. The standard InChI is InChI=1S/C12H17N3O2/c1-8-6-11(9(2)14-13-8)12(17)15-5-3-4-10(15)7-16/h6,10,16H,3-5,7H2,1-2H3/t10-/m0/s1. The molecule has 0 saturated carbocycles. The summed E-state index contributed by atoms with van der Waals surface area (Å²) in [5.41, 5.74) is 1.97. The van der Waals surface area contributed by atoms with E-state index in [4.69, 9.17) is 0 Å². The van der Waals surface area contributed by atoms with Gasteiger partial charge in [-0.25, -0.2) is 0 Å². The highest BCUT2D eigenvalue weighted by Crippen LogP contribution is 2.20. The average Bonchev–Trinajstić information content (AvgIpc) is 2.79. The van der Waals surface area contributed by atoms with E-state index in [1.807, 2.05) is 6.92 Å². The van der Waals surface area contributed by atoms with E-state index in [0.717, 1.165) is 18.5 Å². The number of nitrogens with zero attached hydrogens (tertiary/aromatic N) is 3. The van der Waals surface area contributed by atoms with E-state index in [-0.39, 0.29) is 18.6 Å². The Labute approximate surface area is 100 Å². The minimum Gasteiger partial charge on any atom is -0.394 e. The lowest BCUT2D eigenvalue weighted by atomic mass is 10.1. The van der Waals surface area contributed by atoms with Crippen molar-refractivity contribution in [1.29, 1.82) is 0 Å². The second-order valence-electron chi connectivity index (χ2n) is 4.46. The Bertz CT molecular complexity index is 434. The van der Waals surface area contributed by atoms with Crippen molar-refractivity contribution in [3.05, 3.63) is 23.0 Å². The largest absolute Gasteiger partial charge is 0.394 e. The molecule has 1 saturated heterocycles. The summed E-state index contributed by atoms with van der Waals surface area (Å²) in [6.45, 7) is 4.34. The van der Waals surface area contributed by atoms with Gasteiger partial charge in [-0.1, -0.05) is 0 Å². The van der Waals surface area contributed by atoms with Gasteiger partial charge in [-0.3, -0.25) is 4.79 Å². The Balaban J connectivity index is 2.27. The number of aliphatic hydroxyl groups is 1. The van der Waals surface area contributed by atoms with Gasteiger partial charge in [-0.2, -0.15) is 10.2 Å². The van der Waals surface area contributed by atoms with Gasteiger partial charge in [0.15, 0.2) is 0 Å². The third kappa shape index (κ3) is 2.29.